The second-order valence-corrected chi connectivity index (χ2v) is 36.3. The number of ether oxygens (including phenoxy) is 3. The fraction of sp³-hybridized carbons (Fsp3) is 0.818. The Bertz CT molecular complexity index is 1460. The van der Waals surface area contributed by atoms with Gasteiger partial charge >= 0.3 is 0 Å². The summed E-state index contributed by atoms with van der Waals surface area (Å²) in [5.74, 6) is -0.217. The molecule has 56 heavy (non-hydrogen) atoms. The second-order valence-electron chi connectivity index (χ2n) is 19.9. The van der Waals surface area contributed by atoms with E-state index in [1.165, 1.54) is 0 Å². The van der Waals surface area contributed by atoms with Gasteiger partial charge in [0.25, 0.3) is 0 Å². The van der Waals surface area contributed by atoms with Gasteiger partial charge in [0, 0.05) is 32.5 Å². The summed E-state index contributed by atoms with van der Waals surface area (Å²) in [4.78, 5) is 0.314. The number of methoxy groups -OCH3 is 1. The van der Waals surface area contributed by atoms with Crippen LogP contribution in [0.15, 0.2) is 47.4 Å². The third kappa shape index (κ3) is 12.9. The van der Waals surface area contributed by atoms with E-state index in [4.69, 9.17) is 27.5 Å². The standard InChI is InChI=1S/C44H82O8SSi3/c1-17-56(18-2,19-3)48-27-23-24-35-28-33(4)34(5)39(50-35)30-40-38(32-53(45,46)37-25-21-20-22-26-37)42(47-12)41(51-40)29-36(52-55(15,16)44(9,10)11)31-49-54(13,14)43(6,7)8/h20-22,25-26,33,35-36,38-42H,5,17-19,23-24,27-32H2,1-4,6-16H3/t33-,35?,36?,38?,39?,40+,41?,42-/m1/s1. The minimum Gasteiger partial charge on any atom is -0.417 e. The summed E-state index contributed by atoms with van der Waals surface area (Å²) < 4.78 is 68.9. The highest BCUT2D eigenvalue weighted by molar-refractivity contribution is 7.91. The van der Waals surface area contributed by atoms with Crippen LogP contribution in [0.2, 0.25) is 54.4 Å². The summed E-state index contributed by atoms with van der Waals surface area (Å²) in [5, 5.41) is 0.0477. The molecule has 0 radical (unpaired) electrons. The lowest BCUT2D eigenvalue weighted by atomic mass is 9.83. The van der Waals surface area contributed by atoms with Gasteiger partial charge < -0.3 is 27.5 Å². The van der Waals surface area contributed by atoms with Crippen LogP contribution in [-0.4, -0.2) is 96.1 Å². The van der Waals surface area contributed by atoms with Crippen LogP contribution in [0.4, 0.5) is 0 Å². The van der Waals surface area contributed by atoms with E-state index in [2.05, 4.69) is 102 Å². The van der Waals surface area contributed by atoms with E-state index in [1.54, 1.807) is 31.4 Å². The Balaban J connectivity index is 1.92. The van der Waals surface area contributed by atoms with E-state index in [0.29, 0.717) is 24.3 Å². The van der Waals surface area contributed by atoms with Crippen LogP contribution in [0.1, 0.15) is 101 Å². The van der Waals surface area contributed by atoms with Gasteiger partial charge in [0.05, 0.1) is 53.9 Å². The predicted octanol–water partition coefficient (Wildman–Crippen LogP) is 11.2. The first-order valence-corrected chi connectivity index (χ1v) is 31.6. The molecule has 0 aromatic heterocycles. The number of hydrogen-bond acceptors (Lipinski definition) is 8. The molecule has 2 saturated heterocycles. The molecule has 0 aliphatic carbocycles. The van der Waals surface area contributed by atoms with Crippen molar-refractivity contribution in [1.82, 2.24) is 0 Å². The van der Waals surface area contributed by atoms with Gasteiger partial charge in [-0.05, 0) is 97.3 Å². The van der Waals surface area contributed by atoms with Crippen molar-refractivity contribution in [3.8, 4) is 0 Å². The summed E-state index contributed by atoms with van der Waals surface area (Å²) in [6.45, 7) is 37.4. The van der Waals surface area contributed by atoms with Crippen LogP contribution in [0.25, 0.3) is 0 Å². The minimum atomic E-state index is -3.65. The molecule has 2 heterocycles. The zero-order chi connectivity index (χ0) is 42.3. The van der Waals surface area contributed by atoms with Crippen LogP contribution in [0.5, 0.6) is 0 Å². The van der Waals surface area contributed by atoms with E-state index < -0.39 is 52.9 Å². The van der Waals surface area contributed by atoms with Crippen molar-refractivity contribution in [2.24, 2.45) is 11.8 Å². The average molecular weight is 855 g/mol. The van der Waals surface area contributed by atoms with E-state index in [-0.39, 0.29) is 46.2 Å². The van der Waals surface area contributed by atoms with Crippen LogP contribution in [-0.2, 0) is 37.3 Å². The molecule has 1 aromatic carbocycles. The van der Waals surface area contributed by atoms with Crippen molar-refractivity contribution in [3.05, 3.63) is 42.5 Å². The lowest BCUT2D eigenvalue weighted by Gasteiger charge is -2.42. The molecule has 324 valence electrons. The molecule has 3 rings (SSSR count). The molecule has 12 heteroatoms. The average Bonchev–Trinajstić information content (AvgIpc) is 3.42. The van der Waals surface area contributed by atoms with Gasteiger partial charge in [-0.25, -0.2) is 8.42 Å². The highest BCUT2D eigenvalue weighted by atomic mass is 32.2. The Hall–Kier alpha value is -0.679. The summed E-state index contributed by atoms with van der Waals surface area (Å²) in [6, 6.07) is 12.2. The zero-order valence-electron chi connectivity index (χ0n) is 38.2. The maximum atomic E-state index is 14.1. The van der Waals surface area contributed by atoms with Gasteiger partial charge in [0.15, 0.2) is 34.8 Å². The third-order valence-electron chi connectivity index (χ3n) is 14.1. The predicted molar refractivity (Wildman–Crippen MR) is 240 cm³/mol. The molecule has 0 bridgehead atoms. The Morgan fingerprint density at radius 3 is 2.00 bits per heavy atom. The second kappa shape index (κ2) is 20.3. The van der Waals surface area contributed by atoms with Gasteiger partial charge in [-0.2, -0.15) is 0 Å². The van der Waals surface area contributed by atoms with E-state index in [0.717, 1.165) is 49.6 Å². The Labute approximate surface area is 346 Å². The smallest absolute Gasteiger partial charge is 0.192 e. The van der Waals surface area contributed by atoms with Crippen molar-refractivity contribution in [1.29, 1.82) is 0 Å². The molecule has 1 aromatic rings. The van der Waals surface area contributed by atoms with Crippen LogP contribution in [0.3, 0.4) is 0 Å². The van der Waals surface area contributed by atoms with Gasteiger partial charge in [0.2, 0.25) is 0 Å². The Kier molecular flexibility index (Phi) is 18.0. The molecule has 0 amide bonds. The molecule has 8 atom stereocenters. The molecule has 5 unspecified atom stereocenters. The maximum Gasteiger partial charge on any atom is 0.192 e. The maximum absolute atomic E-state index is 14.1. The Morgan fingerprint density at radius 2 is 1.46 bits per heavy atom. The minimum absolute atomic E-state index is 0.000640. The van der Waals surface area contributed by atoms with E-state index in [1.807, 2.05) is 6.07 Å². The van der Waals surface area contributed by atoms with Gasteiger partial charge in [-0.3, -0.25) is 0 Å². The number of rotatable bonds is 21. The first-order chi connectivity index (χ1) is 25.9. The van der Waals surface area contributed by atoms with Crippen LogP contribution >= 0.6 is 0 Å². The third-order valence-corrected chi connectivity index (χ3v) is 29.6. The molecule has 2 aliphatic heterocycles. The number of hydrogen-bond donors (Lipinski definition) is 0. The molecule has 2 fully saturated rings. The highest BCUT2D eigenvalue weighted by Gasteiger charge is 2.50. The van der Waals surface area contributed by atoms with Crippen molar-refractivity contribution >= 4 is 34.8 Å². The first kappa shape index (κ1) is 49.7. The summed E-state index contributed by atoms with van der Waals surface area (Å²) in [5.41, 5.74) is 1.06. The molecule has 0 saturated carbocycles. The molecule has 0 spiro atoms. The van der Waals surface area contributed by atoms with E-state index in [9.17, 15) is 8.42 Å². The monoisotopic (exact) mass is 855 g/mol. The lowest BCUT2D eigenvalue weighted by Crippen LogP contribution is -2.49. The van der Waals surface area contributed by atoms with Crippen molar-refractivity contribution in [2.45, 2.75) is 197 Å². The van der Waals surface area contributed by atoms with E-state index >= 15 is 0 Å². The van der Waals surface area contributed by atoms with Crippen LogP contribution < -0.4 is 0 Å². The molecular weight excluding hydrogens is 773 g/mol. The van der Waals surface area contributed by atoms with Crippen LogP contribution in [0, 0.1) is 11.8 Å². The van der Waals surface area contributed by atoms with Crippen molar-refractivity contribution in [2.75, 3.05) is 26.1 Å². The van der Waals surface area contributed by atoms with Crippen molar-refractivity contribution in [3.63, 3.8) is 0 Å². The molecule has 0 N–H and O–H groups in total. The highest BCUT2D eigenvalue weighted by Crippen LogP contribution is 2.43. The number of benzene rings is 1. The van der Waals surface area contributed by atoms with Gasteiger partial charge in [-0.15, -0.1) is 0 Å². The van der Waals surface area contributed by atoms with Crippen molar-refractivity contribution < 1.29 is 35.9 Å². The zero-order valence-corrected chi connectivity index (χ0v) is 42.0. The topological polar surface area (TPSA) is 89.5 Å². The van der Waals surface area contributed by atoms with Gasteiger partial charge in [-0.1, -0.05) is 94.0 Å². The Morgan fingerprint density at radius 1 is 0.875 bits per heavy atom. The normalized spacial score (nSPS) is 26.5. The fourth-order valence-electron chi connectivity index (χ4n) is 7.83. The molecule has 8 nitrogen and oxygen atoms in total. The largest absolute Gasteiger partial charge is 0.417 e. The SMILES string of the molecule is C=C1C(C[C@@H]2OC(CC(CO[Si](C)(C)C(C)(C)C)O[Si](C)(C)C(C)(C)C)[C@H](OC)C2CS(=O)(=O)c2ccccc2)OC(CCCO[Si](CC)(CC)CC)C[C@H]1C. The summed E-state index contributed by atoms with van der Waals surface area (Å²) in [7, 11) is -7.92. The lowest BCUT2D eigenvalue weighted by molar-refractivity contribution is -0.0759. The molecular formula is C44H82O8SSi3. The molecule has 2 aliphatic rings. The fourth-order valence-corrected chi connectivity index (χ4v) is 14.6. The quantitative estimate of drug-likeness (QED) is 0.0686. The van der Waals surface area contributed by atoms with Gasteiger partial charge in [0.1, 0.15) is 0 Å². The summed E-state index contributed by atoms with van der Waals surface area (Å²) in [6.07, 6.45) is 2.22. The first-order valence-electron chi connectivity index (χ1n) is 21.6. The number of sulfone groups is 1. The summed E-state index contributed by atoms with van der Waals surface area (Å²) >= 11 is 0.